The molecule has 0 radical (unpaired) electrons. The Bertz CT molecular complexity index is 1190. The van der Waals surface area contributed by atoms with Crippen LogP contribution in [0.5, 0.6) is 5.75 Å². The largest absolute Gasteiger partial charge is 0.497 e. The summed E-state index contributed by atoms with van der Waals surface area (Å²) in [5.41, 5.74) is 1.97. The van der Waals surface area contributed by atoms with Gasteiger partial charge in [-0.1, -0.05) is 23.9 Å². The minimum Gasteiger partial charge on any atom is -0.497 e. The highest BCUT2D eigenvalue weighted by molar-refractivity contribution is 7.98. The highest BCUT2D eigenvalue weighted by Gasteiger charge is 2.45. The molecule has 2 aromatic heterocycles. The van der Waals surface area contributed by atoms with Crippen LogP contribution in [0.1, 0.15) is 11.8 Å². The van der Waals surface area contributed by atoms with E-state index in [2.05, 4.69) is 15.0 Å². The Hall–Kier alpha value is -3.46. The van der Waals surface area contributed by atoms with E-state index in [9.17, 15) is 19.8 Å². The fourth-order valence-electron chi connectivity index (χ4n) is 3.45. The Labute approximate surface area is 203 Å². The van der Waals surface area contributed by atoms with E-state index < -0.39 is 49.8 Å². The standard InChI is InChI=1S/C21H23N5O8S/c1-32-12-4-2-11(3-5-12)8-35-19-15-18(23-9-24-19)26(10-25-15)20-17(30)16(29)13(34-20)7-33-21(31)22-6-14(27)28/h2-5,9-10,13,16-17,20,29-30H,6-8H2,1H3,(H,22,31)(H,27,28). The van der Waals surface area contributed by atoms with Crippen molar-refractivity contribution in [2.45, 2.75) is 35.3 Å². The number of imidazole rings is 1. The highest BCUT2D eigenvalue weighted by atomic mass is 32.2. The zero-order valence-corrected chi connectivity index (χ0v) is 19.3. The van der Waals surface area contributed by atoms with Crippen molar-refractivity contribution in [2.24, 2.45) is 0 Å². The van der Waals surface area contributed by atoms with Gasteiger partial charge in [-0.2, -0.15) is 0 Å². The predicted molar refractivity (Wildman–Crippen MR) is 121 cm³/mol. The first kappa shape index (κ1) is 24.7. The van der Waals surface area contributed by atoms with Crippen LogP contribution in [0, 0.1) is 0 Å². The number of aliphatic carboxylic acids is 1. The molecular weight excluding hydrogens is 482 g/mol. The van der Waals surface area contributed by atoms with Gasteiger partial charge in [0, 0.05) is 5.75 Å². The van der Waals surface area contributed by atoms with Crippen LogP contribution in [0.15, 0.2) is 41.9 Å². The van der Waals surface area contributed by atoms with E-state index in [0.29, 0.717) is 21.9 Å². The molecule has 4 N–H and O–H groups in total. The number of fused-ring (bicyclic) bond motifs is 1. The maximum absolute atomic E-state index is 11.6. The van der Waals surface area contributed by atoms with Crippen LogP contribution in [0.4, 0.5) is 4.79 Å². The summed E-state index contributed by atoms with van der Waals surface area (Å²) < 4.78 is 17.3. The molecule has 3 aromatic rings. The third-order valence-corrected chi connectivity index (χ3v) is 6.28. The lowest BCUT2D eigenvalue weighted by molar-refractivity contribution is -0.135. The average Bonchev–Trinajstić information content (AvgIpc) is 3.41. The number of aromatic nitrogens is 4. The molecular formula is C21H23N5O8S. The number of carboxylic acid groups (broad SMARTS) is 1. The lowest BCUT2D eigenvalue weighted by Gasteiger charge is -2.16. The number of carbonyl (C=O) groups is 2. The fraction of sp³-hybridized carbons (Fsp3) is 0.381. The second kappa shape index (κ2) is 10.9. The van der Waals surface area contributed by atoms with Crippen LogP contribution < -0.4 is 10.1 Å². The van der Waals surface area contributed by atoms with E-state index in [4.69, 9.17) is 19.3 Å². The van der Waals surface area contributed by atoms with Crippen LogP contribution in [0.2, 0.25) is 0 Å². The molecule has 14 heteroatoms. The van der Waals surface area contributed by atoms with Crippen molar-refractivity contribution >= 4 is 35.0 Å². The molecule has 186 valence electrons. The number of nitrogens with zero attached hydrogens (tertiary/aromatic N) is 4. The van der Waals surface area contributed by atoms with E-state index in [-0.39, 0.29) is 0 Å². The van der Waals surface area contributed by atoms with Crippen molar-refractivity contribution in [3.8, 4) is 5.75 Å². The van der Waals surface area contributed by atoms with Crippen molar-refractivity contribution in [3.63, 3.8) is 0 Å². The number of methoxy groups -OCH3 is 1. The van der Waals surface area contributed by atoms with Crippen LogP contribution >= 0.6 is 11.8 Å². The summed E-state index contributed by atoms with van der Waals surface area (Å²) in [4.78, 5) is 35.0. The Morgan fingerprint density at radius 1 is 1.17 bits per heavy atom. The monoisotopic (exact) mass is 505 g/mol. The average molecular weight is 506 g/mol. The van der Waals surface area contributed by atoms with E-state index >= 15 is 0 Å². The van der Waals surface area contributed by atoms with E-state index in [1.54, 1.807) is 7.11 Å². The van der Waals surface area contributed by atoms with Crippen molar-refractivity contribution in [1.82, 2.24) is 24.8 Å². The molecule has 1 saturated heterocycles. The number of hydrogen-bond acceptors (Lipinski definition) is 11. The maximum Gasteiger partial charge on any atom is 0.407 e. The number of aliphatic hydroxyl groups is 2. The third-order valence-electron chi connectivity index (χ3n) is 5.23. The number of thioether (sulfide) groups is 1. The predicted octanol–water partition coefficient (Wildman–Crippen LogP) is 0.557. The minimum atomic E-state index is -1.37. The molecule has 1 aliphatic rings. The van der Waals surface area contributed by atoms with Gasteiger partial charge >= 0.3 is 12.1 Å². The second-order valence-corrected chi connectivity index (χ2v) is 8.50. The van der Waals surface area contributed by atoms with Gasteiger partial charge in [0.05, 0.1) is 13.4 Å². The van der Waals surface area contributed by atoms with Gasteiger partial charge in [-0.15, -0.1) is 0 Å². The van der Waals surface area contributed by atoms with Gasteiger partial charge < -0.3 is 34.8 Å². The summed E-state index contributed by atoms with van der Waals surface area (Å²) in [6.45, 7) is -1.01. The number of carboxylic acids is 1. The zero-order valence-electron chi connectivity index (χ0n) is 18.5. The fourth-order valence-corrected chi connectivity index (χ4v) is 4.35. The number of carbonyl (C=O) groups excluding carboxylic acids is 1. The first-order valence-corrected chi connectivity index (χ1v) is 11.4. The quantitative estimate of drug-likeness (QED) is 0.235. The number of aliphatic hydroxyl groups excluding tert-OH is 2. The molecule has 0 saturated carbocycles. The van der Waals surface area contributed by atoms with Crippen LogP contribution in [0.3, 0.4) is 0 Å². The number of amides is 1. The Kier molecular flexibility index (Phi) is 7.65. The van der Waals surface area contributed by atoms with Gasteiger partial charge in [-0.25, -0.2) is 19.7 Å². The molecule has 1 aromatic carbocycles. The molecule has 0 bridgehead atoms. The summed E-state index contributed by atoms with van der Waals surface area (Å²) in [5, 5.41) is 32.2. The maximum atomic E-state index is 11.6. The molecule has 4 rings (SSSR count). The number of benzene rings is 1. The molecule has 0 aliphatic carbocycles. The van der Waals surface area contributed by atoms with E-state index in [1.807, 2.05) is 29.6 Å². The molecule has 3 heterocycles. The minimum absolute atomic E-state index is 0.397. The molecule has 4 unspecified atom stereocenters. The van der Waals surface area contributed by atoms with Gasteiger partial charge in [-0.05, 0) is 17.7 Å². The lowest BCUT2D eigenvalue weighted by Crippen LogP contribution is -2.36. The Morgan fingerprint density at radius 2 is 1.94 bits per heavy atom. The number of ether oxygens (including phenoxy) is 3. The number of nitrogens with one attached hydrogen (secondary N) is 1. The smallest absolute Gasteiger partial charge is 0.407 e. The first-order chi connectivity index (χ1) is 16.9. The topological polar surface area (TPSA) is 178 Å². The van der Waals surface area contributed by atoms with Crippen molar-refractivity contribution < 1.29 is 39.1 Å². The lowest BCUT2D eigenvalue weighted by atomic mass is 10.1. The van der Waals surface area contributed by atoms with Gasteiger partial charge in [0.25, 0.3) is 0 Å². The summed E-state index contributed by atoms with van der Waals surface area (Å²) in [6, 6.07) is 7.66. The van der Waals surface area contributed by atoms with E-state index in [0.717, 1.165) is 11.3 Å². The summed E-state index contributed by atoms with van der Waals surface area (Å²) in [6.07, 6.45) is -2.99. The van der Waals surface area contributed by atoms with Crippen molar-refractivity contribution in [2.75, 3.05) is 20.3 Å². The SMILES string of the molecule is COc1ccc(CSc2ncnc3c2ncn3C2OC(COC(=O)NCC(=O)O)C(O)C2O)cc1. The number of hydrogen-bond donors (Lipinski definition) is 4. The number of rotatable bonds is 9. The first-order valence-electron chi connectivity index (χ1n) is 10.4. The van der Waals surface area contributed by atoms with Crippen LogP contribution in [-0.2, 0) is 20.0 Å². The van der Waals surface area contributed by atoms with Gasteiger partial charge in [-0.3, -0.25) is 9.36 Å². The van der Waals surface area contributed by atoms with Crippen LogP contribution in [-0.4, -0.2) is 85.5 Å². The molecule has 0 spiro atoms. The molecule has 1 amide bonds. The summed E-state index contributed by atoms with van der Waals surface area (Å²) in [7, 11) is 1.61. The molecule has 1 fully saturated rings. The van der Waals surface area contributed by atoms with Gasteiger partial charge in [0.1, 0.15) is 54.1 Å². The Morgan fingerprint density at radius 3 is 2.66 bits per heavy atom. The second-order valence-electron chi connectivity index (χ2n) is 7.53. The van der Waals surface area contributed by atoms with Crippen molar-refractivity contribution in [3.05, 3.63) is 42.5 Å². The summed E-state index contributed by atoms with van der Waals surface area (Å²) >= 11 is 1.47. The van der Waals surface area contributed by atoms with Crippen molar-refractivity contribution in [1.29, 1.82) is 0 Å². The molecule has 1 aliphatic heterocycles. The van der Waals surface area contributed by atoms with Gasteiger partial charge in [0.2, 0.25) is 0 Å². The highest BCUT2D eigenvalue weighted by Crippen LogP contribution is 2.33. The van der Waals surface area contributed by atoms with Gasteiger partial charge in [0.15, 0.2) is 11.9 Å². The molecule has 13 nitrogen and oxygen atoms in total. The van der Waals surface area contributed by atoms with E-state index in [1.165, 1.54) is 29.0 Å². The normalized spacial score (nSPS) is 21.7. The summed E-state index contributed by atoms with van der Waals surface area (Å²) in [5.74, 6) is 0.169. The zero-order chi connectivity index (χ0) is 24.9. The molecule has 4 atom stereocenters. The third kappa shape index (κ3) is 5.62. The molecule has 35 heavy (non-hydrogen) atoms. The number of alkyl carbamates (subject to hydrolysis) is 1. The van der Waals surface area contributed by atoms with Crippen LogP contribution in [0.25, 0.3) is 11.2 Å². The Balaban J connectivity index is 1.43.